The summed E-state index contributed by atoms with van der Waals surface area (Å²) in [5, 5.41) is 9.67. The molecule has 0 saturated carbocycles. The number of halogens is 1. The molecule has 0 aliphatic heterocycles. The minimum absolute atomic E-state index is 0.0832. The zero-order valence-corrected chi connectivity index (χ0v) is 14.5. The van der Waals surface area contributed by atoms with Gasteiger partial charge in [0, 0.05) is 35.8 Å². The Kier molecular flexibility index (Phi) is 5.57. The summed E-state index contributed by atoms with van der Waals surface area (Å²) >= 11 is 5.91. The van der Waals surface area contributed by atoms with Crippen molar-refractivity contribution in [1.29, 1.82) is 0 Å². The number of rotatable bonds is 5. The number of aromatic carboxylic acids is 1. The average molecular weight is 347 g/mol. The van der Waals surface area contributed by atoms with E-state index < -0.39 is 5.97 Å². The van der Waals surface area contributed by atoms with Crippen molar-refractivity contribution >= 4 is 23.5 Å². The van der Waals surface area contributed by atoms with Gasteiger partial charge in [0.1, 0.15) is 5.69 Å². The van der Waals surface area contributed by atoms with E-state index >= 15 is 0 Å². The fraction of sp³-hybridized carbons (Fsp3) is 0.278. The van der Waals surface area contributed by atoms with Crippen LogP contribution in [-0.4, -0.2) is 40.0 Å². The van der Waals surface area contributed by atoms with Crippen molar-refractivity contribution in [1.82, 2.24) is 9.88 Å². The number of benzene rings is 1. The van der Waals surface area contributed by atoms with E-state index in [1.54, 1.807) is 11.9 Å². The Bertz CT molecular complexity index is 746. The van der Waals surface area contributed by atoms with Crippen molar-refractivity contribution in [3.05, 3.63) is 64.4 Å². The van der Waals surface area contributed by atoms with Crippen molar-refractivity contribution in [3.8, 4) is 0 Å². The Balaban J connectivity index is 2.18. The molecule has 0 fully saturated rings. The maximum Gasteiger partial charge on any atom is 0.354 e. The number of hydrogen-bond donors (Lipinski definition) is 1. The SMILES string of the molecule is CC(c1ccc(Cl)cc1)C(C)N(C)C(=O)c1ccnc(C(=O)O)c1. The van der Waals surface area contributed by atoms with Crippen LogP contribution in [0.15, 0.2) is 42.6 Å². The van der Waals surface area contributed by atoms with E-state index in [4.69, 9.17) is 16.7 Å². The Morgan fingerprint density at radius 2 is 1.79 bits per heavy atom. The molecule has 2 rings (SSSR count). The van der Waals surface area contributed by atoms with Gasteiger partial charge in [0.15, 0.2) is 0 Å². The summed E-state index contributed by atoms with van der Waals surface area (Å²) in [5.74, 6) is -1.31. The highest BCUT2D eigenvalue weighted by atomic mass is 35.5. The van der Waals surface area contributed by atoms with Gasteiger partial charge < -0.3 is 10.0 Å². The summed E-state index contributed by atoms with van der Waals surface area (Å²) in [6.45, 7) is 3.99. The molecule has 1 aromatic heterocycles. The first-order valence-corrected chi connectivity index (χ1v) is 7.91. The number of carboxylic acid groups (broad SMARTS) is 1. The molecule has 2 aromatic rings. The molecule has 0 aliphatic carbocycles. The topological polar surface area (TPSA) is 70.5 Å². The zero-order chi connectivity index (χ0) is 17.9. The molecule has 2 atom stereocenters. The van der Waals surface area contributed by atoms with Gasteiger partial charge in [-0.25, -0.2) is 9.78 Å². The lowest BCUT2D eigenvalue weighted by molar-refractivity contribution is 0.0690. The second kappa shape index (κ2) is 7.45. The molecular weight excluding hydrogens is 328 g/mol. The van der Waals surface area contributed by atoms with Crippen LogP contribution in [0.3, 0.4) is 0 Å². The van der Waals surface area contributed by atoms with E-state index in [1.165, 1.54) is 18.3 Å². The standard InChI is InChI=1S/C18H19ClN2O3/c1-11(13-4-6-15(19)7-5-13)12(2)21(3)17(22)14-8-9-20-16(10-14)18(23)24/h4-12H,1-3H3,(H,23,24). The lowest BCUT2D eigenvalue weighted by atomic mass is 9.93. The summed E-state index contributed by atoms with van der Waals surface area (Å²) in [6, 6.07) is 10.3. The first-order valence-electron chi connectivity index (χ1n) is 7.53. The van der Waals surface area contributed by atoms with Gasteiger partial charge in [0.05, 0.1) is 0 Å². The number of pyridine rings is 1. The van der Waals surface area contributed by atoms with Gasteiger partial charge in [0.2, 0.25) is 0 Å². The molecule has 1 aromatic carbocycles. The first kappa shape index (κ1) is 17.9. The van der Waals surface area contributed by atoms with Gasteiger partial charge in [-0.05, 0) is 36.8 Å². The van der Waals surface area contributed by atoms with Gasteiger partial charge in [-0.1, -0.05) is 30.7 Å². The largest absolute Gasteiger partial charge is 0.477 e. The number of carboxylic acids is 1. The molecule has 1 N–H and O–H groups in total. The molecule has 0 bridgehead atoms. The summed E-state index contributed by atoms with van der Waals surface area (Å²) in [6.07, 6.45) is 1.33. The smallest absolute Gasteiger partial charge is 0.354 e. The number of aromatic nitrogens is 1. The molecule has 0 radical (unpaired) electrons. The molecule has 126 valence electrons. The third kappa shape index (κ3) is 3.92. The fourth-order valence-electron chi connectivity index (χ4n) is 2.45. The number of amides is 1. The van der Waals surface area contributed by atoms with Crippen molar-refractivity contribution in [2.24, 2.45) is 0 Å². The van der Waals surface area contributed by atoms with Crippen LogP contribution in [0, 0.1) is 0 Å². The highest BCUT2D eigenvalue weighted by Gasteiger charge is 2.24. The van der Waals surface area contributed by atoms with E-state index in [2.05, 4.69) is 4.98 Å². The molecule has 1 heterocycles. The molecule has 1 amide bonds. The van der Waals surface area contributed by atoms with E-state index in [-0.39, 0.29) is 23.6 Å². The molecule has 5 nitrogen and oxygen atoms in total. The van der Waals surface area contributed by atoms with Gasteiger partial charge in [0.25, 0.3) is 5.91 Å². The molecule has 0 saturated heterocycles. The zero-order valence-electron chi connectivity index (χ0n) is 13.7. The van der Waals surface area contributed by atoms with Crippen LogP contribution in [0.2, 0.25) is 5.02 Å². The van der Waals surface area contributed by atoms with Crippen molar-refractivity contribution < 1.29 is 14.7 Å². The van der Waals surface area contributed by atoms with Gasteiger partial charge in [-0.15, -0.1) is 0 Å². The number of hydrogen-bond acceptors (Lipinski definition) is 3. The summed E-state index contributed by atoms with van der Waals surface area (Å²) < 4.78 is 0. The maximum atomic E-state index is 12.6. The lowest BCUT2D eigenvalue weighted by Gasteiger charge is -2.30. The Morgan fingerprint density at radius 3 is 2.38 bits per heavy atom. The van der Waals surface area contributed by atoms with E-state index in [9.17, 15) is 9.59 Å². The van der Waals surface area contributed by atoms with Crippen LogP contribution >= 0.6 is 11.6 Å². The average Bonchev–Trinajstić information content (AvgIpc) is 2.60. The van der Waals surface area contributed by atoms with E-state index in [0.717, 1.165) is 5.56 Å². The summed E-state index contributed by atoms with van der Waals surface area (Å²) in [7, 11) is 1.71. The van der Waals surface area contributed by atoms with Gasteiger partial charge >= 0.3 is 5.97 Å². The van der Waals surface area contributed by atoms with E-state index in [1.807, 2.05) is 38.1 Å². The second-order valence-corrected chi connectivity index (χ2v) is 6.17. The van der Waals surface area contributed by atoms with Crippen molar-refractivity contribution in [3.63, 3.8) is 0 Å². The predicted octanol–water partition coefficient (Wildman–Crippen LogP) is 3.70. The minimum Gasteiger partial charge on any atom is -0.477 e. The Morgan fingerprint density at radius 1 is 1.17 bits per heavy atom. The van der Waals surface area contributed by atoms with Crippen molar-refractivity contribution in [2.75, 3.05) is 7.05 Å². The van der Waals surface area contributed by atoms with Crippen LogP contribution in [-0.2, 0) is 0 Å². The maximum absolute atomic E-state index is 12.6. The van der Waals surface area contributed by atoms with Crippen LogP contribution in [0.4, 0.5) is 0 Å². The third-order valence-electron chi connectivity index (χ3n) is 4.28. The number of likely N-dealkylation sites (N-methyl/N-ethyl adjacent to an activating group) is 1. The summed E-state index contributed by atoms with van der Waals surface area (Å²) in [5.41, 5.74) is 1.24. The lowest BCUT2D eigenvalue weighted by Crippen LogP contribution is -2.38. The number of carbonyl (C=O) groups is 2. The highest BCUT2D eigenvalue weighted by molar-refractivity contribution is 6.30. The first-order chi connectivity index (χ1) is 11.3. The highest BCUT2D eigenvalue weighted by Crippen LogP contribution is 2.24. The quantitative estimate of drug-likeness (QED) is 0.896. The predicted molar refractivity (Wildman–Crippen MR) is 92.6 cm³/mol. The molecule has 24 heavy (non-hydrogen) atoms. The Hall–Kier alpha value is -2.40. The molecule has 2 unspecified atom stereocenters. The molecular formula is C18H19ClN2O3. The second-order valence-electron chi connectivity index (χ2n) is 5.73. The van der Waals surface area contributed by atoms with Crippen LogP contribution in [0.5, 0.6) is 0 Å². The third-order valence-corrected chi connectivity index (χ3v) is 4.53. The number of carbonyl (C=O) groups excluding carboxylic acids is 1. The van der Waals surface area contributed by atoms with Crippen molar-refractivity contribution in [2.45, 2.75) is 25.8 Å². The Labute approximate surface area is 145 Å². The van der Waals surface area contributed by atoms with Crippen LogP contribution < -0.4 is 0 Å². The van der Waals surface area contributed by atoms with Crippen LogP contribution in [0.25, 0.3) is 0 Å². The normalized spacial score (nSPS) is 13.2. The molecule has 0 spiro atoms. The van der Waals surface area contributed by atoms with Gasteiger partial charge in [-0.2, -0.15) is 0 Å². The number of nitrogens with zero attached hydrogens (tertiary/aromatic N) is 2. The molecule has 0 aliphatic rings. The van der Waals surface area contributed by atoms with Gasteiger partial charge in [-0.3, -0.25) is 4.79 Å². The summed E-state index contributed by atoms with van der Waals surface area (Å²) in [4.78, 5) is 29.0. The molecule has 6 heteroatoms. The monoisotopic (exact) mass is 346 g/mol. The minimum atomic E-state index is -1.16. The van der Waals surface area contributed by atoms with E-state index in [0.29, 0.717) is 10.6 Å². The fourth-order valence-corrected chi connectivity index (χ4v) is 2.58. The van der Waals surface area contributed by atoms with Crippen LogP contribution in [0.1, 0.15) is 46.2 Å².